The topological polar surface area (TPSA) is 56.7 Å². The first-order chi connectivity index (χ1) is 9.49. The maximum absolute atomic E-state index is 6.08. The molecule has 1 aromatic carbocycles. The fourth-order valence-electron chi connectivity index (χ4n) is 2.51. The summed E-state index contributed by atoms with van der Waals surface area (Å²) in [6, 6.07) is 8.38. The highest BCUT2D eigenvalue weighted by atomic mass is 127. The standard InChI is InChI=1S/C15H15IN4/c1-8-9(2)20(12-6-4-11(16)5-7-12)15-13(8)14(17)18-10(3)19-15/h4-7H,1-3H3,(H2,17,18,19). The average molecular weight is 378 g/mol. The molecule has 0 spiro atoms. The number of nitrogens with two attached hydrogens (primary N) is 1. The van der Waals surface area contributed by atoms with E-state index in [0.29, 0.717) is 11.6 Å². The van der Waals surface area contributed by atoms with Gasteiger partial charge in [-0.2, -0.15) is 0 Å². The van der Waals surface area contributed by atoms with Gasteiger partial charge in [-0.25, -0.2) is 9.97 Å². The molecule has 5 heteroatoms. The van der Waals surface area contributed by atoms with Crippen LogP contribution < -0.4 is 5.73 Å². The molecule has 2 heterocycles. The lowest BCUT2D eigenvalue weighted by Gasteiger charge is -2.08. The summed E-state index contributed by atoms with van der Waals surface area (Å²) in [4.78, 5) is 8.86. The molecule has 3 aromatic rings. The molecule has 0 radical (unpaired) electrons. The van der Waals surface area contributed by atoms with Crippen LogP contribution in [0.3, 0.4) is 0 Å². The molecule has 20 heavy (non-hydrogen) atoms. The lowest BCUT2D eigenvalue weighted by atomic mass is 10.2. The van der Waals surface area contributed by atoms with E-state index in [1.54, 1.807) is 0 Å². The Morgan fingerprint density at radius 3 is 2.35 bits per heavy atom. The Balaban J connectivity index is 2.41. The molecule has 4 nitrogen and oxygen atoms in total. The Kier molecular flexibility index (Phi) is 3.16. The number of anilines is 1. The molecule has 3 rings (SSSR count). The summed E-state index contributed by atoms with van der Waals surface area (Å²) < 4.78 is 3.36. The number of nitrogens with zero attached hydrogens (tertiary/aromatic N) is 3. The molecule has 0 atom stereocenters. The van der Waals surface area contributed by atoms with Crippen LogP contribution in [0, 0.1) is 24.3 Å². The maximum Gasteiger partial charge on any atom is 0.150 e. The molecule has 0 unspecified atom stereocenters. The summed E-state index contributed by atoms with van der Waals surface area (Å²) >= 11 is 2.30. The van der Waals surface area contributed by atoms with E-state index in [-0.39, 0.29) is 0 Å². The van der Waals surface area contributed by atoms with Crippen molar-refractivity contribution in [2.75, 3.05) is 5.73 Å². The Morgan fingerprint density at radius 1 is 1.05 bits per heavy atom. The summed E-state index contributed by atoms with van der Waals surface area (Å²) in [7, 11) is 0. The summed E-state index contributed by atoms with van der Waals surface area (Å²) in [5.41, 5.74) is 10.3. The monoisotopic (exact) mass is 378 g/mol. The molecule has 0 fully saturated rings. The van der Waals surface area contributed by atoms with E-state index in [1.165, 1.54) is 3.57 Å². The van der Waals surface area contributed by atoms with Crippen molar-refractivity contribution >= 4 is 39.4 Å². The van der Waals surface area contributed by atoms with Crippen molar-refractivity contribution in [3.8, 4) is 5.69 Å². The minimum atomic E-state index is 0.553. The van der Waals surface area contributed by atoms with E-state index in [1.807, 2.05) is 6.92 Å². The van der Waals surface area contributed by atoms with Crippen LogP contribution in [-0.4, -0.2) is 14.5 Å². The quantitative estimate of drug-likeness (QED) is 0.660. The molecular formula is C15H15IN4. The second-order valence-corrected chi connectivity index (χ2v) is 6.12. The van der Waals surface area contributed by atoms with Crippen LogP contribution in [0.2, 0.25) is 0 Å². The Morgan fingerprint density at radius 2 is 1.70 bits per heavy atom. The van der Waals surface area contributed by atoms with Gasteiger partial charge in [-0.05, 0) is 73.2 Å². The minimum Gasteiger partial charge on any atom is -0.383 e. The molecular weight excluding hydrogens is 363 g/mol. The summed E-state index contributed by atoms with van der Waals surface area (Å²) in [5, 5.41) is 0.951. The van der Waals surface area contributed by atoms with Gasteiger partial charge in [0.1, 0.15) is 11.6 Å². The lowest BCUT2D eigenvalue weighted by Crippen LogP contribution is -2.01. The third-order valence-electron chi connectivity index (χ3n) is 3.58. The Bertz CT molecular complexity index is 803. The molecule has 0 bridgehead atoms. The number of rotatable bonds is 1. The van der Waals surface area contributed by atoms with Crippen molar-refractivity contribution < 1.29 is 0 Å². The van der Waals surface area contributed by atoms with Gasteiger partial charge in [-0.3, -0.25) is 4.57 Å². The van der Waals surface area contributed by atoms with Gasteiger partial charge in [0, 0.05) is 15.0 Å². The van der Waals surface area contributed by atoms with Gasteiger partial charge in [0.25, 0.3) is 0 Å². The van der Waals surface area contributed by atoms with Crippen molar-refractivity contribution in [1.29, 1.82) is 0 Å². The zero-order chi connectivity index (χ0) is 14.4. The first-order valence-corrected chi connectivity index (χ1v) is 7.44. The van der Waals surface area contributed by atoms with Gasteiger partial charge in [0.15, 0.2) is 5.65 Å². The molecule has 0 amide bonds. The zero-order valence-electron chi connectivity index (χ0n) is 11.6. The molecule has 2 aromatic heterocycles. The molecule has 102 valence electrons. The van der Waals surface area contributed by atoms with Crippen LogP contribution in [0.4, 0.5) is 5.82 Å². The van der Waals surface area contributed by atoms with Gasteiger partial charge < -0.3 is 5.73 Å². The Labute approximate surface area is 131 Å². The van der Waals surface area contributed by atoms with Crippen molar-refractivity contribution in [2.24, 2.45) is 0 Å². The van der Waals surface area contributed by atoms with E-state index >= 15 is 0 Å². The van der Waals surface area contributed by atoms with Crippen LogP contribution in [0.15, 0.2) is 24.3 Å². The normalized spacial score (nSPS) is 11.2. The predicted molar refractivity (Wildman–Crippen MR) is 90.2 cm³/mol. The van der Waals surface area contributed by atoms with Crippen LogP contribution in [0.25, 0.3) is 16.7 Å². The number of fused-ring (bicyclic) bond motifs is 1. The largest absolute Gasteiger partial charge is 0.383 e. The van der Waals surface area contributed by atoms with Gasteiger partial charge in [0.2, 0.25) is 0 Å². The van der Waals surface area contributed by atoms with E-state index in [0.717, 1.165) is 28.0 Å². The van der Waals surface area contributed by atoms with E-state index in [2.05, 4.69) is 75.2 Å². The van der Waals surface area contributed by atoms with Crippen LogP contribution in [-0.2, 0) is 0 Å². The molecule has 0 saturated carbocycles. The summed E-state index contributed by atoms with van der Waals surface area (Å²) in [6.07, 6.45) is 0. The van der Waals surface area contributed by atoms with E-state index in [9.17, 15) is 0 Å². The zero-order valence-corrected chi connectivity index (χ0v) is 13.8. The highest BCUT2D eigenvalue weighted by Gasteiger charge is 2.17. The number of aromatic nitrogens is 3. The van der Waals surface area contributed by atoms with Crippen LogP contribution in [0.5, 0.6) is 0 Å². The molecule has 2 N–H and O–H groups in total. The number of hydrogen-bond acceptors (Lipinski definition) is 3. The Hall–Kier alpha value is -1.63. The number of benzene rings is 1. The van der Waals surface area contributed by atoms with Crippen LogP contribution in [0.1, 0.15) is 17.1 Å². The fraction of sp³-hybridized carbons (Fsp3) is 0.200. The minimum absolute atomic E-state index is 0.553. The van der Waals surface area contributed by atoms with E-state index in [4.69, 9.17) is 5.73 Å². The summed E-state index contributed by atoms with van der Waals surface area (Å²) in [5.74, 6) is 1.25. The van der Waals surface area contributed by atoms with Crippen molar-refractivity contribution in [3.63, 3.8) is 0 Å². The second-order valence-electron chi connectivity index (χ2n) is 4.88. The van der Waals surface area contributed by atoms with Gasteiger partial charge in [0.05, 0.1) is 5.39 Å². The molecule has 0 aliphatic heterocycles. The third-order valence-corrected chi connectivity index (χ3v) is 4.30. The number of nitrogen functional groups attached to an aromatic ring is 1. The second kappa shape index (κ2) is 4.73. The predicted octanol–water partition coefficient (Wildman–Crippen LogP) is 3.53. The number of hydrogen-bond donors (Lipinski definition) is 1. The van der Waals surface area contributed by atoms with Crippen molar-refractivity contribution in [1.82, 2.24) is 14.5 Å². The maximum atomic E-state index is 6.08. The average Bonchev–Trinajstić information content (AvgIpc) is 2.63. The first kappa shape index (κ1) is 13.4. The number of halogens is 1. The smallest absolute Gasteiger partial charge is 0.150 e. The van der Waals surface area contributed by atoms with Gasteiger partial charge >= 0.3 is 0 Å². The SMILES string of the molecule is Cc1nc(N)c2c(C)c(C)n(-c3ccc(I)cc3)c2n1. The van der Waals surface area contributed by atoms with Crippen molar-refractivity contribution in [3.05, 3.63) is 44.9 Å². The van der Waals surface area contributed by atoms with Crippen molar-refractivity contribution in [2.45, 2.75) is 20.8 Å². The highest BCUT2D eigenvalue weighted by molar-refractivity contribution is 14.1. The molecule has 0 aliphatic rings. The lowest BCUT2D eigenvalue weighted by molar-refractivity contribution is 0.995. The fourth-order valence-corrected chi connectivity index (χ4v) is 2.87. The highest BCUT2D eigenvalue weighted by Crippen LogP contribution is 2.30. The first-order valence-electron chi connectivity index (χ1n) is 6.36. The van der Waals surface area contributed by atoms with Gasteiger partial charge in [-0.1, -0.05) is 0 Å². The van der Waals surface area contributed by atoms with Gasteiger partial charge in [-0.15, -0.1) is 0 Å². The molecule has 0 aliphatic carbocycles. The third kappa shape index (κ3) is 1.96. The summed E-state index contributed by atoms with van der Waals surface area (Å²) in [6.45, 7) is 6.02. The molecule has 0 saturated heterocycles. The van der Waals surface area contributed by atoms with E-state index < -0.39 is 0 Å². The van der Waals surface area contributed by atoms with Crippen LogP contribution >= 0.6 is 22.6 Å². The number of aryl methyl sites for hydroxylation is 2.